The summed E-state index contributed by atoms with van der Waals surface area (Å²) in [6.07, 6.45) is 0. The van der Waals surface area contributed by atoms with E-state index in [1.807, 2.05) is 0 Å². The Balaban J connectivity index is 2.24. The summed E-state index contributed by atoms with van der Waals surface area (Å²) in [7, 11) is 0. The van der Waals surface area contributed by atoms with Crippen LogP contribution in [0.4, 0.5) is 5.69 Å². The third kappa shape index (κ3) is 2.94. The van der Waals surface area contributed by atoms with Gasteiger partial charge in [-0.05, 0) is 18.6 Å². The van der Waals surface area contributed by atoms with E-state index in [0.29, 0.717) is 10.6 Å². The first-order valence-electron chi connectivity index (χ1n) is 5.89. The van der Waals surface area contributed by atoms with Gasteiger partial charge in [0.1, 0.15) is 0 Å². The molecule has 1 atom stereocenters. The summed E-state index contributed by atoms with van der Waals surface area (Å²) in [4.78, 5) is 34.8. The van der Waals surface area contributed by atoms with Crippen molar-refractivity contribution in [1.82, 2.24) is 10.2 Å². The number of amides is 2. The molecule has 1 fully saturated rings. The molecule has 1 aliphatic rings. The summed E-state index contributed by atoms with van der Waals surface area (Å²) in [6, 6.07) is 3.60. The fourth-order valence-electron chi connectivity index (χ4n) is 1.98. The number of hydrogen-bond donors (Lipinski definition) is 1. The molecule has 0 saturated carbocycles. The van der Waals surface area contributed by atoms with Crippen LogP contribution >= 0.6 is 11.6 Å². The minimum Gasteiger partial charge on any atom is -0.294 e. The minimum absolute atomic E-state index is 0.0475. The Morgan fingerprint density at radius 3 is 2.85 bits per heavy atom. The molecule has 8 heteroatoms. The Kier molecular flexibility index (Phi) is 4.01. The third-order valence-electron chi connectivity index (χ3n) is 3.15. The van der Waals surface area contributed by atoms with Crippen LogP contribution in [0.2, 0.25) is 5.02 Å². The normalized spacial score (nSPS) is 19.8. The molecule has 1 aromatic rings. The molecule has 20 heavy (non-hydrogen) atoms. The van der Waals surface area contributed by atoms with Crippen molar-refractivity contribution in [2.75, 3.05) is 6.54 Å². The maximum absolute atomic E-state index is 11.6. The van der Waals surface area contributed by atoms with Gasteiger partial charge in [-0.25, -0.2) is 0 Å². The predicted molar refractivity (Wildman–Crippen MR) is 71.1 cm³/mol. The van der Waals surface area contributed by atoms with Gasteiger partial charge in [0, 0.05) is 23.7 Å². The molecule has 106 valence electrons. The van der Waals surface area contributed by atoms with Crippen LogP contribution in [0, 0.1) is 10.1 Å². The van der Waals surface area contributed by atoms with E-state index in [1.54, 1.807) is 11.8 Å². The molecule has 0 radical (unpaired) electrons. The summed E-state index contributed by atoms with van der Waals surface area (Å²) in [6.45, 7) is 1.90. The number of carbonyl (C=O) groups is 2. The van der Waals surface area contributed by atoms with E-state index in [2.05, 4.69) is 5.32 Å². The molecule has 0 bridgehead atoms. The van der Waals surface area contributed by atoms with Gasteiger partial charge < -0.3 is 0 Å². The first-order valence-corrected chi connectivity index (χ1v) is 6.27. The van der Waals surface area contributed by atoms with Crippen molar-refractivity contribution < 1.29 is 14.5 Å². The van der Waals surface area contributed by atoms with Gasteiger partial charge in [-0.15, -0.1) is 0 Å². The number of piperazine rings is 1. The molecule has 1 aromatic carbocycles. The van der Waals surface area contributed by atoms with Gasteiger partial charge in [0.2, 0.25) is 11.8 Å². The number of nitrogens with zero attached hydrogens (tertiary/aromatic N) is 2. The highest BCUT2D eigenvalue weighted by Gasteiger charge is 2.30. The molecule has 1 aliphatic heterocycles. The third-order valence-corrected chi connectivity index (χ3v) is 3.52. The SMILES string of the molecule is CC1C(=O)NC(=O)CN1Cc1cc([N+](=O)[O-])ccc1Cl. The number of imide groups is 1. The van der Waals surface area contributed by atoms with Gasteiger partial charge in [-0.3, -0.25) is 29.9 Å². The molecule has 1 heterocycles. The zero-order chi connectivity index (χ0) is 14.9. The molecule has 0 spiro atoms. The number of nitrogens with one attached hydrogen (secondary N) is 1. The van der Waals surface area contributed by atoms with Crippen molar-refractivity contribution in [3.63, 3.8) is 0 Å². The van der Waals surface area contributed by atoms with Crippen molar-refractivity contribution in [3.8, 4) is 0 Å². The highest BCUT2D eigenvalue weighted by atomic mass is 35.5. The van der Waals surface area contributed by atoms with Gasteiger partial charge in [-0.2, -0.15) is 0 Å². The lowest BCUT2D eigenvalue weighted by Crippen LogP contribution is -2.56. The summed E-state index contributed by atoms with van der Waals surface area (Å²) < 4.78 is 0. The molecule has 1 N–H and O–H groups in total. The molecule has 1 unspecified atom stereocenters. The second-order valence-electron chi connectivity index (χ2n) is 4.53. The molecule has 2 amide bonds. The number of benzene rings is 1. The Bertz CT molecular complexity index is 590. The van der Waals surface area contributed by atoms with Crippen molar-refractivity contribution in [3.05, 3.63) is 38.9 Å². The fourth-order valence-corrected chi connectivity index (χ4v) is 2.15. The van der Waals surface area contributed by atoms with E-state index in [0.717, 1.165) is 0 Å². The number of halogens is 1. The maximum Gasteiger partial charge on any atom is 0.269 e. The Morgan fingerprint density at radius 1 is 1.50 bits per heavy atom. The number of carbonyl (C=O) groups excluding carboxylic acids is 2. The van der Waals surface area contributed by atoms with E-state index in [4.69, 9.17) is 11.6 Å². The maximum atomic E-state index is 11.6. The lowest BCUT2D eigenvalue weighted by molar-refractivity contribution is -0.384. The summed E-state index contributed by atoms with van der Waals surface area (Å²) in [5, 5.41) is 13.3. The Morgan fingerprint density at radius 2 is 2.20 bits per heavy atom. The topological polar surface area (TPSA) is 92.6 Å². The molecule has 2 rings (SSSR count). The lowest BCUT2D eigenvalue weighted by Gasteiger charge is -2.31. The molecule has 0 aliphatic carbocycles. The zero-order valence-electron chi connectivity index (χ0n) is 10.6. The van der Waals surface area contributed by atoms with E-state index in [1.165, 1.54) is 18.2 Å². The second kappa shape index (κ2) is 5.56. The first kappa shape index (κ1) is 14.4. The first-order chi connectivity index (χ1) is 9.38. The summed E-state index contributed by atoms with van der Waals surface area (Å²) >= 11 is 6.01. The molecule has 7 nitrogen and oxygen atoms in total. The number of nitro groups is 1. The molecule has 0 aromatic heterocycles. The highest BCUT2D eigenvalue weighted by Crippen LogP contribution is 2.24. The van der Waals surface area contributed by atoms with Gasteiger partial charge in [0.15, 0.2) is 0 Å². The lowest BCUT2D eigenvalue weighted by atomic mass is 10.1. The van der Waals surface area contributed by atoms with Crippen molar-refractivity contribution in [2.24, 2.45) is 0 Å². The van der Waals surface area contributed by atoms with E-state index < -0.39 is 16.9 Å². The number of hydrogen-bond acceptors (Lipinski definition) is 5. The minimum atomic E-state index is -0.517. The Hall–Kier alpha value is -1.99. The second-order valence-corrected chi connectivity index (χ2v) is 4.93. The fraction of sp³-hybridized carbons (Fsp3) is 0.333. The van der Waals surface area contributed by atoms with Crippen LogP contribution in [0.15, 0.2) is 18.2 Å². The Labute approximate surface area is 119 Å². The summed E-state index contributed by atoms with van der Waals surface area (Å²) in [5.41, 5.74) is 0.431. The average molecular weight is 298 g/mol. The van der Waals surface area contributed by atoms with Crippen LogP contribution < -0.4 is 5.32 Å². The van der Waals surface area contributed by atoms with Gasteiger partial charge in [0.25, 0.3) is 5.69 Å². The van der Waals surface area contributed by atoms with Crippen LogP contribution in [0.5, 0.6) is 0 Å². The molecule has 1 saturated heterocycles. The van der Waals surface area contributed by atoms with Crippen LogP contribution in [0.3, 0.4) is 0 Å². The monoisotopic (exact) mass is 297 g/mol. The number of rotatable bonds is 3. The van der Waals surface area contributed by atoms with Crippen LogP contribution in [0.25, 0.3) is 0 Å². The quantitative estimate of drug-likeness (QED) is 0.512. The summed E-state index contributed by atoms with van der Waals surface area (Å²) in [5.74, 6) is -0.780. The van der Waals surface area contributed by atoms with E-state index in [-0.39, 0.29) is 24.7 Å². The van der Waals surface area contributed by atoms with Gasteiger partial charge in [0.05, 0.1) is 17.5 Å². The number of non-ortho nitro benzene ring substituents is 1. The largest absolute Gasteiger partial charge is 0.294 e. The highest BCUT2D eigenvalue weighted by molar-refractivity contribution is 6.31. The average Bonchev–Trinajstić information content (AvgIpc) is 2.37. The smallest absolute Gasteiger partial charge is 0.269 e. The van der Waals surface area contributed by atoms with Crippen molar-refractivity contribution >= 4 is 29.1 Å². The van der Waals surface area contributed by atoms with Gasteiger partial charge >= 0.3 is 0 Å². The predicted octanol–water partition coefficient (Wildman–Crippen LogP) is 1.10. The van der Waals surface area contributed by atoms with Crippen LogP contribution in [-0.4, -0.2) is 34.2 Å². The zero-order valence-corrected chi connectivity index (χ0v) is 11.4. The number of nitro benzene ring substituents is 1. The standard InChI is InChI=1S/C12H12ClN3O4/c1-7-12(18)14-11(17)6-15(7)5-8-4-9(16(19)20)2-3-10(8)13/h2-4,7H,5-6H2,1H3,(H,14,17,18). The van der Waals surface area contributed by atoms with E-state index in [9.17, 15) is 19.7 Å². The molecular formula is C12H12ClN3O4. The van der Waals surface area contributed by atoms with Crippen molar-refractivity contribution in [2.45, 2.75) is 19.5 Å². The van der Waals surface area contributed by atoms with Crippen molar-refractivity contribution in [1.29, 1.82) is 0 Å². The molecular weight excluding hydrogens is 286 g/mol. The van der Waals surface area contributed by atoms with Crippen LogP contribution in [-0.2, 0) is 16.1 Å². The van der Waals surface area contributed by atoms with E-state index >= 15 is 0 Å². The van der Waals surface area contributed by atoms with Crippen LogP contribution in [0.1, 0.15) is 12.5 Å². The van der Waals surface area contributed by atoms with Gasteiger partial charge in [-0.1, -0.05) is 11.6 Å².